The van der Waals surface area contributed by atoms with Gasteiger partial charge in [0.25, 0.3) is 0 Å². The molecule has 20 heavy (non-hydrogen) atoms. The first-order chi connectivity index (χ1) is 9.58. The van der Waals surface area contributed by atoms with E-state index in [-0.39, 0.29) is 17.4 Å². The van der Waals surface area contributed by atoms with E-state index in [9.17, 15) is 14.7 Å². The van der Waals surface area contributed by atoms with Crippen LogP contribution in [0.1, 0.15) is 23.2 Å². The number of aromatic carboxylic acids is 1. The Labute approximate surface area is 117 Å². The van der Waals surface area contributed by atoms with Crippen molar-refractivity contribution < 1.29 is 24.3 Å². The number of carboxylic acids is 1. The quantitative estimate of drug-likeness (QED) is 0.662. The second-order valence-electron chi connectivity index (χ2n) is 5.00. The van der Waals surface area contributed by atoms with Crippen molar-refractivity contribution in [3.05, 3.63) is 29.8 Å². The molecular weight excluding hydrogens is 260 g/mol. The highest BCUT2D eigenvalue weighted by atomic mass is 16.5. The molecule has 2 rings (SSSR count). The van der Waals surface area contributed by atoms with E-state index in [0.29, 0.717) is 12.5 Å². The third kappa shape index (κ3) is 3.48. The summed E-state index contributed by atoms with van der Waals surface area (Å²) in [5, 5.41) is 10.9. The van der Waals surface area contributed by atoms with Crippen LogP contribution in [0.2, 0.25) is 0 Å². The molecule has 1 heterocycles. The van der Waals surface area contributed by atoms with Crippen LogP contribution in [0, 0.1) is 5.92 Å². The summed E-state index contributed by atoms with van der Waals surface area (Å²) in [6, 6.07) is 6.42. The van der Waals surface area contributed by atoms with Crippen LogP contribution < -0.4 is 20.5 Å². The lowest BCUT2D eigenvalue weighted by Crippen LogP contribution is -3.13. The number of hydrogen-bond donors (Lipinski definition) is 2. The maximum absolute atomic E-state index is 11.1. The fraction of sp³-hybridized carbons (Fsp3) is 0.429. The van der Waals surface area contributed by atoms with E-state index < -0.39 is 5.97 Å². The molecule has 1 saturated heterocycles. The second kappa shape index (κ2) is 6.38. The van der Waals surface area contributed by atoms with E-state index in [1.165, 1.54) is 11.0 Å². The Morgan fingerprint density at radius 2 is 1.95 bits per heavy atom. The lowest BCUT2D eigenvalue weighted by Gasteiger charge is -2.27. The molecule has 108 valence electrons. The van der Waals surface area contributed by atoms with E-state index in [0.717, 1.165) is 25.9 Å². The number of carboxylic acid groups (broad SMARTS) is 1. The van der Waals surface area contributed by atoms with Gasteiger partial charge in [-0.25, -0.2) is 0 Å². The van der Waals surface area contributed by atoms with Gasteiger partial charge in [0.05, 0.1) is 19.1 Å². The van der Waals surface area contributed by atoms with E-state index in [1.54, 1.807) is 18.2 Å². The predicted octanol–water partition coefficient (Wildman–Crippen LogP) is -1.83. The minimum Gasteiger partial charge on any atom is -0.545 e. The predicted molar refractivity (Wildman–Crippen MR) is 68.9 cm³/mol. The molecule has 3 N–H and O–H groups in total. The highest BCUT2D eigenvalue weighted by molar-refractivity contribution is 5.89. The van der Waals surface area contributed by atoms with Gasteiger partial charge in [0, 0.05) is 24.3 Å². The van der Waals surface area contributed by atoms with Gasteiger partial charge in [-0.1, -0.05) is 12.1 Å². The number of carbonyl (C=O) groups is 2. The molecule has 0 aliphatic carbocycles. The Morgan fingerprint density at radius 3 is 2.55 bits per heavy atom. The summed E-state index contributed by atoms with van der Waals surface area (Å²) in [5.74, 6) is -1.22. The van der Waals surface area contributed by atoms with Gasteiger partial charge in [0.2, 0.25) is 12.6 Å². The average molecular weight is 278 g/mol. The lowest BCUT2D eigenvalue weighted by atomic mass is 9.97. The zero-order chi connectivity index (χ0) is 14.5. The third-order valence-electron chi connectivity index (χ3n) is 3.63. The van der Waals surface area contributed by atoms with Crippen LogP contribution in [0.25, 0.3) is 0 Å². The molecule has 0 bridgehead atoms. The number of nitrogens with one attached hydrogen (secondary N) is 1. The number of rotatable bonds is 5. The SMILES string of the molecule is NC(=O)C1CC[NH+](COc2ccccc2C(=O)[O-])CC1. The third-order valence-corrected chi connectivity index (χ3v) is 3.63. The van der Waals surface area contributed by atoms with E-state index in [4.69, 9.17) is 10.5 Å². The minimum absolute atomic E-state index is 0.0470. The van der Waals surface area contributed by atoms with Crippen molar-refractivity contribution in [1.82, 2.24) is 0 Å². The molecule has 1 aromatic carbocycles. The van der Waals surface area contributed by atoms with Gasteiger partial charge in [-0.2, -0.15) is 0 Å². The number of carbonyl (C=O) groups excluding carboxylic acids is 2. The van der Waals surface area contributed by atoms with Gasteiger partial charge < -0.3 is 25.3 Å². The molecule has 1 aliphatic heterocycles. The number of hydrogen-bond acceptors (Lipinski definition) is 4. The molecule has 0 radical (unpaired) electrons. The van der Waals surface area contributed by atoms with Gasteiger partial charge in [0.1, 0.15) is 5.75 Å². The van der Waals surface area contributed by atoms with Crippen LogP contribution in [0.5, 0.6) is 5.75 Å². The minimum atomic E-state index is -1.25. The van der Waals surface area contributed by atoms with E-state index >= 15 is 0 Å². The van der Waals surface area contributed by atoms with Crippen molar-refractivity contribution in [3.8, 4) is 5.75 Å². The number of ether oxygens (including phenoxy) is 1. The zero-order valence-electron chi connectivity index (χ0n) is 11.1. The summed E-state index contributed by atoms with van der Waals surface area (Å²) in [5.41, 5.74) is 5.33. The largest absolute Gasteiger partial charge is 0.545 e. The number of nitrogens with two attached hydrogens (primary N) is 1. The summed E-state index contributed by atoms with van der Waals surface area (Å²) in [6.45, 7) is 1.96. The van der Waals surface area contributed by atoms with E-state index in [2.05, 4.69) is 0 Å². The van der Waals surface area contributed by atoms with Crippen LogP contribution in [-0.4, -0.2) is 31.7 Å². The summed E-state index contributed by atoms with van der Waals surface area (Å²) in [4.78, 5) is 23.2. The summed E-state index contributed by atoms with van der Waals surface area (Å²) < 4.78 is 5.56. The monoisotopic (exact) mass is 278 g/mol. The fourth-order valence-corrected chi connectivity index (χ4v) is 2.40. The Kier molecular flexibility index (Phi) is 4.57. The van der Waals surface area contributed by atoms with Gasteiger partial charge in [-0.15, -0.1) is 0 Å². The van der Waals surface area contributed by atoms with Crippen molar-refractivity contribution in [3.63, 3.8) is 0 Å². The van der Waals surface area contributed by atoms with Crippen molar-refractivity contribution >= 4 is 11.9 Å². The first-order valence-electron chi connectivity index (χ1n) is 6.64. The highest BCUT2D eigenvalue weighted by Crippen LogP contribution is 2.16. The molecule has 0 saturated carbocycles. The molecule has 1 amide bonds. The first kappa shape index (κ1) is 14.3. The number of likely N-dealkylation sites (tertiary alicyclic amines) is 1. The van der Waals surface area contributed by atoms with Gasteiger partial charge in [-0.3, -0.25) is 4.79 Å². The maximum Gasteiger partial charge on any atom is 0.222 e. The second-order valence-corrected chi connectivity index (χ2v) is 5.00. The Bertz CT molecular complexity index is 496. The van der Waals surface area contributed by atoms with Gasteiger partial charge in [-0.05, 0) is 12.1 Å². The van der Waals surface area contributed by atoms with Crippen LogP contribution in [0.15, 0.2) is 24.3 Å². The van der Waals surface area contributed by atoms with Crippen molar-refractivity contribution in [2.24, 2.45) is 11.7 Å². The standard InChI is InChI=1S/C14H18N2O4/c15-13(17)10-5-7-16(8-6-10)9-20-12-4-2-1-3-11(12)14(18)19/h1-4,10H,5-9H2,(H2,15,17)(H,18,19). The van der Waals surface area contributed by atoms with Crippen LogP contribution in [-0.2, 0) is 4.79 Å². The maximum atomic E-state index is 11.1. The number of primary amides is 1. The van der Waals surface area contributed by atoms with Crippen LogP contribution in [0.3, 0.4) is 0 Å². The number of benzene rings is 1. The van der Waals surface area contributed by atoms with Crippen LogP contribution in [0.4, 0.5) is 0 Å². The summed E-state index contributed by atoms with van der Waals surface area (Å²) in [6.07, 6.45) is 1.49. The van der Waals surface area contributed by atoms with Gasteiger partial charge >= 0.3 is 0 Å². The molecular formula is C14H18N2O4. The number of piperidine rings is 1. The smallest absolute Gasteiger partial charge is 0.222 e. The van der Waals surface area contributed by atoms with Crippen molar-refractivity contribution in [2.75, 3.05) is 19.8 Å². The summed E-state index contributed by atoms with van der Waals surface area (Å²) >= 11 is 0. The topological polar surface area (TPSA) is 96.9 Å². The highest BCUT2D eigenvalue weighted by Gasteiger charge is 2.25. The Hall–Kier alpha value is -2.08. The molecule has 1 aliphatic rings. The molecule has 0 aromatic heterocycles. The molecule has 0 spiro atoms. The van der Waals surface area contributed by atoms with Crippen LogP contribution >= 0.6 is 0 Å². The average Bonchev–Trinajstić information content (AvgIpc) is 2.45. The molecule has 0 unspecified atom stereocenters. The lowest BCUT2D eigenvalue weighted by molar-refractivity contribution is -0.921. The molecule has 1 aromatic rings. The summed E-state index contributed by atoms with van der Waals surface area (Å²) in [7, 11) is 0. The fourth-order valence-electron chi connectivity index (χ4n) is 2.40. The normalized spacial score (nSPS) is 22.2. The molecule has 6 heteroatoms. The molecule has 0 atom stereocenters. The number of quaternary nitrogens is 1. The van der Waals surface area contributed by atoms with E-state index in [1.807, 2.05) is 0 Å². The molecule has 6 nitrogen and oxygen atoms in total. The Morgan fingerprint density at radius 1 is 1.30 bits per heavy atom. The zero-order valence-corrected chi connectivity index (χ0v) is 11.1. The number of amides is 1. The first-order valence-corrected chi connectivity index (χ1v) is 6.64. The Balaban J connectivity index is 1.88. The van der Waals surface area contributed by atoms with Crippen molar-refractivity contribution in [2.45, 2.75) is 12.8 Å². The molecule has 1 fully saturated rings. The number of para-hydroxylation sites is 1. The van der Waals surface area contributed by atoms with Crippen molar-refractivity contribution in [1.29, 1.82) is 0 Å². The van der Waals surface area contributed by atoms with Gasteiger partial charge in [0.15, 0.2) is 0 Å².